The molecule has 4 radical (unpaired) electrons. The molecule has 0 amide bonds. The third kappa shape index (κ3) is 31.1. The number of carboxylic acid groups (broad SMARTS) is 2. The first-order chi connectivity index (χ1) is 14.9. The first kappa shape index (κ1) is 38.2. The van der Waals surface area contributed by atoms with E-state index in [4.69, 9.17) is 0 Å². The second kappa shape index (κ2) is 32.1. The molecule has 0 saturated heterocycles. The molecule has 0 aliphatic heterocycles. The van der Waals surface area contributed by atoms with Crippen molar-refractivity contribution in [2.45, 2.75) is 111 Å². The molecule has 0 aromatic heterocycles. The van der Waals surface area contributed by atoms with Crippen molar-refractivity contribution in [3.63, 3.8) is 0 Å². The SMILES string of the molecule is CCCCCCCCCC(=O)[O-].CCc1ccccc1C(=O)[O-].[CH2]CCC.[CH2]CCC.[Sn+2]. The van der Waals surface area contributed by atoms with Gasteiger partial charge in [0.1, 0.15) is 0 Å². The van der Waals surface area contributed by atoms with E-state index in [1.165, 1.54) is 44.9 Å². The van der Waals surface area contributed by atoms with Crippen LogP contribution >= 0.6 is 0 Å². The molecular formula is C27H46O4Sn. The van der Waals surface area contributed by atoms with E-state index in [0.717, 1.165) is 37.7 Å². The molecular weight excluding hydrogens is 507 g/mol. The number of carbonyl (C=O) groups excluding carboxylic acids is 2. The van der Waals surface area contributed by atoms with Gasteiger partial charge in [0.05, 0.1) is 5.97 Å². The summed E-state index contributed by atoms with van der Waals surface area (Å²) in [5, 5.41) is 20.5. The summed E-state index contributed by atoms with van der Waals surface area (Å²) in [6, 6.07) is 6.88. The van der Waals surface area contributed by atoms with Crippen LogP contribution in [-0.4, -0.2) is 35.8 Å². The Balaban J connectivity index is -0.000000180. The molecule has 1 aromatic carbocycles. The molecule has 0 spiro atoms. The molecule has 4 nitrogen and oxygen atoms in total. The number of aryl methyl sites for hydroxylation is 1. The molecule has 0 bridgehead atoms. The molecule has 0 unspecified atom stereocenters. The number of carboxylic acids is 2. The molecule has 182 valence electrons. The minimum Gasteiger partial charge on any atom is -0.550 e. The molecule has 0 atom stereocenters. The van der Waals surface area contributed by atoms with Crippen molar-refractivity contribution in [1.29, 1.82) is 0 Å². The number of benzene rings is 1. The van der Waals surface area contributed by atoms with Crippen LogP contribution in [0.1, 0.15) is 121 Å². The van der Waals surface area contributed by atoms with Gasteiger partial charge in [-0.2, -0.15) is 0 Å². The Morgan fingerprint density at radius 2 is 1.19 bits per heavy atom. The summed E-state index contributed by atoms with van der Waals surface area (Å²) in [4.78, 5) is 20.5. The van der Waals surface area contributed by atoms with Crippen LogP contribution in [0.2, 0.25) is 0 Å². The molecule has 0 aliphatic carbocycles. The van der Waals surface area contributed by atoms with Crippen LogP contribution in [0.4, 0.5) is 0 Å². The summed E-state index contributed by atoms with van der Waals surface area (Å²) < 4.78 is 0. The normalized spacial score (nSPS) is 8.94. The molecule has 1 rings (SSSR count). The molecule has 32 heavy (non-hydrogen) atoms. The third-order valence-electron chi connectivity index (χ3n) is 4.31. The average molecular weight is 553 g/mol. The number of aromatic carboxylic acids is 1. The maximum atomic E-state index is 10.5. The zero-order chi connectivity index (χ0) is 24.3. The number of rotatable bonds is 12. The summed E-state index contributed by atoms with van der Waals surface area (Å²) in [5.74, 6) is -2.01. The van der Waals surface area contributed by atoms with Gasteiger partial charge in [-0.25, -0.2) is 0 Å². The van der Waals surface area contributed by atoms with Crippen molar-refractivity contribution in [3.8, 4) is 0 Å². The zero-order valence-corrected chi connectivity index (χ0v) is 23.9. The van der Waals surface area contributed by atoms with Crippen LogP contribution in [0.5, 0.6) is 0 Å². The van der Waals surface area contributed by atoms with E-state index in [2.05, 4.69) is 34.6 Å². The van der Waals surface area contributed by atoms with Crippen molar-refractivity contribution in [1.82, 2.24) is 0 Å². The molecule has 1 aromatic rings. The van der Waals surface area contributed by atoms with Crippen LogP contribution < -0.4 is 10.2 Å². The fourth-order valence-electron chi connectivity index (χ4n) is 2.25. The van der Waals surface area contributed by atoms with Crippen molar-refractivity contribution in [3.05, 3.63) is 49.2 Å². The number of hydrogen-bond donors (Lipinski definition) is 0. The van der Waals surface area contributed by atoms with Gasteiger partial charge in [-0.05, 0) is 24.8 Å². The monoisotopic (exact) mass is 554 g/mol. The summed E-state index contributed by atoms with van der Waals surface area (Å²) in [6.07, 6.45) is 13.6. The Bertz CT molecular complexity index is 510. The van der Waals surface area contributed by atoms with Gasteiger partial charge in [-0.3, -0.25) is 0 Å². The largest absolute Gasteiger partial charge is 2.00 e. The molecule has 0 saturated carbocycles. The second-order valence-electron chi connectivity index (χ2n) is 7.25. The van der Waals surface area contributed by atoms with Crippen LogP contribution in [0.3, 0.4) is 0 Å². The van der Waals surface area contributed by atoms with Crippen molar-refractivity contribution in [2.75, 3.05) is 0 Å². The average Bonchev–Trinajstić information content (AvgIpc) is 2.79. The van der Waals surface area contributed by atoms with E-state index in [9.17, 15) is 19.8 Å². The van der Waals surface area contributed by atoms with E-state index in [-0.39, 0.29) is 30.3 Å². The predicted molar refractivity (Wildman–Crippen MR) is 134 cm³/mol. The second-order valence-corrected chi connectivity index (χ2v) is 7.25. The van der Waals surface area contributed by atoms with Crippen LogP contribution in [0.25, 0.3) is 0 Å². The quantitative estimate of drug-likeness (QED) is 0.258. The third-order valence-corrected chi connectivity index (χ3v) is 4.31. The number of unbranched alkanes of at least 4 members (excludes halogenated alkanes) is 8. The number of hydrogen-bond acceptors (Lipinski definition) is 4. The van der Waals surface area contributed by atoms with Crippen LogP contribution in [-0.2, 0) is 11.2 Å². The predicted octanol–water partition coefficient (Wildman–Crippen LogP) is 5.35. The standard InChI is InChI=1S/C10H20O2.C9H10O2.2C4H9.Sn/c1-2-3-4-5-6-7-8-9-10(11)12;1-2-7-5-3-4-6-8(7)9(10)11;2*1-3-4-2;/h2-9H2,1H3,(H,11,12);3-6H,2H2,1H3,(H,10,11);2*1,3-4H2,2H3;/q;;;;+2/p-2. The summed E-state index contributed by atoms with van der Waals surface area (Å²) in [6.45, 7) is 15.6. The van der Waals surface area contributed by atoms with E-state index in [0.29, 0.717) is 5.56 Å². The smallest absolute Gasteiger partial charge is 0.550 e. The minimum absolute atomic E-state index is 0. The summed E-state index contributed by atoms with van der Waals surface area (Å²) in [5.41, 5.74) is 1.13. The van der Waals surface area contributed by atoms with Crippen LogP contribution in [0, 0.1) is 13.8 Å². The van der Waals surface area contributed by atoms with Gasteiger partial charge in [0.25, 0.3) is 0 Å². The Kier molecular flexibility index (Phi) is 38.4. The van der Waals surface area contributed by atoms with Crippen molar-refractivity contribution in [2.24, 2.45) is 0 Å². The number of aliphatic carboxylic acids is 1. The Morgan fingerprint density at radius 1 is 0.750 bits per heavy atom. The van der Waals surface area contributed by atoms with Gasteiger partial charge in [0.2, 0.25) is 0 Å². The Morgan fingerprint density at radius 3 is 1.53 bits per heavy atom. The fourth-order valence-corrected chi connectivity index (χ4v) is 2.25. The number of carbonyl (C=O) groups is 2. The van der Waals surface area contributed by atoms with Gasteiger partial charge in [-0.15, -0.1) is 0 Å². The maximum Gasteiger partial charge on any atom is 2.00 e. The first-order valence-electron chi connectivity index (χ1n) is 11.9. The van der Waals surface area contributed by atoms with Gasteiger partial charge in [0, 0.05) is 11.5 Å². The first-order valence-corrected chi connectivity index (χ1v) is 11.9. The van der Waals surface area contributed by atoms with Gasteiger partial charge < -0.3 is 19.8 Å². The van der Waals surface area contributed by atoms with E-state index in [1.54, 1.807) is 18.2 Å². The maximum absolute atomic E-state index is 10.5. The van der Waals surface area contributed by atoms with E-state index in [1.807, 2.05) is 13.0 Å². The molecule has 0 heterocycles. The van der Waals surface area contributed by atoms with Gasteiger partial charge >= 0.3 is 23.9 Å². The van der Waals surface area contributed by atoms with Crippen molar-refractivity contribution >= 4 is 35.8 Å². The van der Waals surface area contributed by atoms with E-state index >= 15 is 0 Å². The fraction of sp³-hybridized carbons (Fsp3) is 0.630. The molecule has 0 aliphatic rings. The summed E-state index contributed by atoms with van der Waals surface area (Å²) >= 11 is 0. The van der Waals surface area contributed by atoms with Gasteiger partial charge in [0.15, 0.2) is 0 Å². The summed E-state index contributed by atoms with van der Waals surface area (Å²) in [7, 11) is 0. The molecule has 0 fully saturated rings. The molecule has 0 N–H and O–H groups in total. The van der Waals surface area contributed by atoms with Gasteiger partial charge in [-0.1, -0.05) is 130 Å². The minimum atomic E-state index is -1.09. The van der Waals surface area contributed by atoms with Crippen LogP contribution in [0.15, 0.2) is 24.3 Å². The van der Waals surface area contributed by atoms with E-state index < -0.39 is 11.9 Å². The zero-order valence-electron chi connectivity index (χ0n) is 21.0. The topological polar surface area (TPSA) is 80.3 Å². The molecule has 5 heteroatoms. The Labute approximate surface area is 215 Å². The van der Waals surface area contributed by atoms with Crippen molar-refractivity contribution < 1.29 is 19.8 Å². The Hall–Kier alpha value is -1.04.